The average Bonchev–Trinajstić information content (AvgIpc) is 2.54. The van der Waals surface area contributed by atoms with E-state index in [0.717, 1.165) is 0 Å². The van der Waals surface area contributed by atoms with E-state index in [4.69, 9.17) is 0 Å². The topological polar surface area (TPSA) is 83.5 Å². The van der Waals surface area contributed by atoms with Crippen molar-refractivity contribution >= 4 is 18.5 Å². The van der Waals surface area contributed by atoms with Crippen LogP contribution in [0.25, 0.3) is 0 Å². The highest BCUT2D eigenvalue weighted by atomic mass is 19.1. The Bertz CT molecular complexity index is 674. The lowest BCUT2D eigenvalue weighted by molar-refractivity contribution is -0.123. The molecule has 2 N–H and O–H groups in total. The molecule has 2 rings (SSSR count). The van der Waals surface area contributed by atoms with Gasteiger partial charge >= 0.3 is 0 Å². The summed E-state index contributed by atoms with van der Waals surface area (Å²) < 4.78 is 12.9. The molecule has 0 fully saturated rings. The Labute approximate surface area is 126 Å². The number of nitrogens with zero attached hydrogens (tertiary/aromatic N) is 2. The van der Waals surface area contributed by atoms with Crippen molar-refractivity contribution in [1.82, 2.24) is 15.7 Å². The van der Waals surface area contributed by atoms with Gasteiger partial charge in [-0.3, -0.25) is 14.6 Å². The Morgan fingerprint density at radius 2 is 1.95 bits per heavy atom. The maximum Gasteiger partial charge on any atom is 0.267 e. The highest BCUT2D eigenvalue weighted by molar-refractivity contribution is 5.97. The first-order chi connectivity index (χ1) is 10.6. The molecule has 2 amide bonds. The van der Waals surface area contributed by atoms with E-state index in [1.165, 1.54) is 30.5 Å². The fraction of sp³-hybridized carbons (Fsp3) is 0.0667. The van der Waals surface area contributed by atoms with E-state index in [1.807, 2.05) is 0 Å². The highest BCUT2D eigenvalue weighted by Crippen LogP contribution is 2.13. The van der Waals surface area contributed by atoms with Crippen molar-refractivity contribution in [2.45, 2.75) is 6.04 Å². The molecule has 0 aliphatic rings. The van der Waals surface area contributed by atoms with Crippen LogP contribution in [-0.4, -0.2) is 23.5 Å². The van der Waals surface area contributed by atoms with Crippen LogP contribution in [0.1, 0.15) is 22.0 Å². The SMILES string of the molecule is C=NNC(=O)C(NC(=O)c1ccc(F)cc1)c1cccnc1. The summed E-state index contributed by atoms with van der Waals surface area (Å²) in [5.41, 5.74) is 2.90. The molecule has 22 heavy (non-hydrogen) atoms. The van der Waals surface area contributed by atoms with E-state index in [0.29, 0.717) is 5.56 Å². The predicted molar refractivity (Wildman–Crippen MR) is 78.5 cm³/mol. The van der Waals surface area contributed by atoms with Gasteiger partial charge in [0.05, 0.1) is 0 Å². The summed E-state index contributed by atoms with van der Waals surface area (Å²) >= 11 is 0. The zero-order valence-corrected chi connectivity index (χ0v) is 11.5. The number of hydrazone groups is 1. The lowest BCUT2D eigenvalue weighted by atomic mass is 10.1. The molecule has 0 saturated carbocycles. The number of benzene rings is 1. The van der Waals surface area contributed by atoms with E-state index in [-0.39, 0.29) is 5.56 Å². The van der Waals surface area contributed by atoms with Gasteiger partial charge in [0.25, 0.3) is 11.8 Å². The second kappa shape index (κ2) is 7.07. The summed E-state index contributed by atoms with van der Waals surface area (Å²) in [6.45, 7) is 3.17. The number of rotatable bonds is 5. The van der Waals surface area contributed by atoms with Crippen molar-refractivity contribution in [3.63, 3.8) is 0 Å². The largest absolute Gasteiger partial charge is 0.336 e. The third-order valence-corrected chi connectivity index (χ3v) is 2.85. The molecule has 0 aliphatic heterocycles. The van der Waals surface area contributed by atoms with Crippen molar-refractivity contribution < 1.29 is 14.0 Å². The molecule has 0 bridgehead atoms. The van der Waals surface area contributed by atoms with Crippen LogP contribution in [0, 0.1) is 5.82 Å². The summed E-state index contributed by atoms with van der Waals surface area (Å²) in [5, 5.41) is 5.86. The minimum Gasteiger partial charge on any atom is -0.336 e. The molecule has 1 heterocycles. The van der Waals surface area contributed by atoms with Gasteiger partial charge in [0.2, 0.25) is 0 Å². The fourth-order valence-electron chi connectivity index (χ4n) is 1.81. The molecule has 0 aliphatic carbocycles. The zero-order chi connectivity index (χ0) is 15.9. The summed E-state index contributed by atoms with van der Waals surface area (Å²) in [5.74, 6) is -1.53. The molecule has 6 nitrogen and oxygen atoms in total. The third-order valence-electron chi connectivity index (χ3n) is 2.85. The molecular formula is C15H13FN4O2. The number of nitrogens with one attached hydrogen (secondary N) is 2. The monoisotopic (exact) mass is 300 g/mol. The molecule has 0 spiro atoms. The van der Waals surface area contributed by atoms with Gasteiger partial charge in [-0.2, -0.15) is 5.10 Å². The van der Waals surface area contributed by atoms with Crippen LogP contribution in [0.4, 0.5) is 4.39 Å². The molecule has 0 saturated heterocycles. The Hall–Kier alpha value is -3.09. The highest BCUT2D eigenvalue weighted by Gasteiger charge is 2.23. The minimum absolute atomic E-state index is 0.231. The lowest BCUT2D eigenvalue weighted by Crippen LogP contribution is -2.38. The van der Waals surface area contributed by atoms with Gasteiger partial charge in [0.15, 0.2) is 0 Å². The maximum absolute atomic E-state index is 12.9. The Morgan fingerprint density at radius 3 is 2.55 bits per heavy atom. The molecule has 112 valence electrons. The van der Waals surface area contributed by atoms with E-state index >= 15 is 0 Å². The van der Waals surface area contributed by atoms with E-state index in [9.17, 15) is 14.0 Å². The third kappa shape index (κ3) is 3.72. The average molecular weight is 300 g/mol. The number of hydrogen-bond acceptors (Lipinski definition) is 4. The van der Waals surface area contributed by atoms with Crippen LogP contribution < -0.4 is 10.7 Å². The van der Waals surface area contributed by atoms with Gasteiger partial charge in [-0.05, 0) is 30.3 Å². The maximum atomic E-state index is 12.9. The summed E-state index contributed by atoms with van der Waals surface area (Å²) in [7, 11) is 0. The second-order valence-electron chi connectivity index (χ2n) is 4.33. The molecule has 2 aromatic rings. The van der Waals surface area contributed by atoms with Gasteiger partial charge in [0, 0.05) is 30.2 Å². The first kappa shape index (κ1) is 15.3. The Morgan fingerprint density at radius 1 is 1.23 bits per heavy atom. The number of hydrogen-bond donors (Lipinski definition) is 2. The number of amides is 2. The minimum atomic E-state index is -0.989. The van der Waals surface area contributed by atoms with E-state index < -0.39 is 23.7 Å². The molecule has 1 aromatic heterocycles. The summed E-state index contributed by atoms with van der Waals surface area (Å²) in [4.78, 5) is 28.1. The zero-order valence-electron chi connectivity index (χ0n) is 11.5. The summed E-state index contributed by atoms with van der Waals surface area (Å²) in [6, 6.07) is 7.28. The molecule has 7 heteroatoms. The predicted octanol–water partition coefficient (Wildman–Crippen LogP) is 1.42. The number of pyridine rings is 1. The van der Waals surface area contributed by atoms with Crippen LogP contribution >= 0.6 is 0 Å². The number of carbonyl (C=O) groups is 2. The van der Waals surface area contributed by atoms with Crippen molar-refractivity contribution in [3.05, 3.63) is 65.7 Å². The molecule has 1 aromatic carbocycles. The van der Waals surface area contributed by atoms with Gasteiger partial charge in [-0.15, -0.1) is 0 Å². The second-order valence-corrected chi connectivity index (χ2v) is 4.33. The molecule has 1 unspecified atom stereocenters. The first-order valence-corrected chi connectivity index (χ1v) is 6.33. The molecule has 0 radical (unpaired) electrons. The lowest BCUT2D eigenvalue weighted by Gasteiger charge is -2.17. The van der Waals surface area contributed by atoms with Gasteiger partial charge in [-0.25, -0.2) is 9.82 Å². The van der Waals surface area contributed by atoms with Gasteiger partial charge in [0.1, 0.15) is 11.9 Å². The molecular weight excluding hydrogens is 287 g/mol. The smallest absolute Gasteiger partial charge is 0.267 e. The fourth-order valence-corrected chi connectivity index (χ4v) is 1.81. The van der Waals surface area contributed by atoms with Gasteiger partial charge in [-0.1, -0.05) is 6.07 Å². The van der Waals surface area contributed by atoms with Gasteiger partial charge < -0.3 is 5.32 Å². The standard InChI is InChI=1S/C15H13FN4O2/c1-17-20-15(22)13(11-3-2-8-18-9-11)19-14(21)10-4-6-12(16)7-5-10/h2-9,13H,1H2,(H,19,21)(H,20,22). The van der Waals surface area contributed by atoms with Crippen molar-refractivity contribution in [2.75, 3.05) is 0 Å². The van der Waals surface area contributed by atoms with Crippen LogP contribution in [0.15, 0.2) is 53.9 Å². The normalized spacial score (nSPS) is 11.3. The van der Waals surface area contributed by atoms with E-state index in [1.54, 1.807) is 18.3 Å². The number of halogens is 1. The first-order valence-electron chi connectivity index (χ1n) is 6.33. The summed E-state index contributed by atoms with van der Waals surface area (Å²) in [6.07, 6.45) is 3.00. The van der Waals surface area contributed by atoms with Crippen LogP contribution in [0.2, 0.25) is 0 Å². The Balaban J connectivity index is 2.22. The van der Waals surface area contributed by atoms with Crippen molar-refractivity contribution in [2.24, 2.45) is 5.10 Å². The Kier molecular flexibility index (Phi) is 4.92. The quantitative estimate of drug-likeness (QED) is 0.647. The number of aromatic nitrogens is 1. The van der Waals surface area contributed by atoms with Crippen LogP contribution in [0.5, 0.6) is 0 Å². The molecule has 1 atom stereocenters. The van der Waals surface area contributed by atoms with Crippen molar-refractivity contribution in [1.29, 1.82) is 0 Å². The number of carbonyl (C=O) groups excluding carboxylic acids is 2. The van der Waals surface area contributed by atoms with Crippen molar-refractivity contribution in [3.8, 4) is 0 Å². The van der Waals surface area contributed by atoms with Crippen LogP contribution in [0.3, 0.4) is 0 Å². The van der Waals surface area contributed by atoms with Crippen LogP contribution in [-0.2, 0) is 4.79 Å². The van der Waals surface area contributed by atoms with E-state index in [2.05, 4.69) is 27.5 Å².